The lowest BCUT2D eigenvalue weighted by atomic mass is 9.59. The summed E-state index contributed by atoms with van der Waals surface area (Å²) in [4.78, 5) is 0. The molecule has 0 heterocycles. The molecule has 1 heteroatoms. The standard InChI is InChI=1S/C13H25N/c1-6-14-7-10-12(4,5)13(10)8-11(2,3)9-13/h10,14H,6-9H2,1-5H3. The molecule has 1 atom stereocenters. The van der Waals surface area contributed by atoms with Gasteiger partial charge < -0.3 is 5.32 Å². The van der Waals surface area contributed by atoms with Crippen LogP contribution >= 0.6 is 0 Å². The summed E-state index contributed by atoms with van der Waals surface area (Å²) < 4.78 is 0. The number of hydrogen-bond donors (Lipinski definition) is 1. The molecule has 1 unspecified atom stereocenters. The van der Waals surface area contributed by atoms with Gasteiger partial charge in [0.25, 0.3) is 0 Å². The van der Waals surface area contributed by atoms with Crippen LogP contribution in [0.5, 0.6) is 0 Å². The molecule has 0 radical (unpaired) electrons. The van der Waals surface area contributed by atoms with E-state index >= 15 is 0 Å². The fourth-order valence-electron chi connectivity index (χ4n) is 4.16. The molecule has 0 aromatic heterocycles. The summed E-state index contributed by atoms with van der Waals surface area (Å²) in [5, 5.41) is 3.52. The molecular formula is C13H25N. The zero-order valence-corrected chi connectivity index (χ0v) is 10.4. The number of nitrogens with one attached hydrogen (secondary N) is 1. The topological polar surface area (TPSA) is 12.0 Å². The van der Waals surface area contributed by atoms with E-state index in [9.17, 15) is 0 Å². The van der Waals surface area contributed by atoms with Gasteiger partial charge in [-0.1, -0.05) is 34.6 Å². The summed E-state index contributed by atoms with van der Waals surface area (Å²) >= 11 is 0. The van der Waals surface area contributed by atoms with Crippen LogP contribution < -0.4 is 5.32 Å². The first kappa shape index (κ1) is 10.5. The van der Waals surface area contributed by atoms with E-state index in [1.54, 1.807) is 0 Å². The molecule has 14 heavy (non-hydrogen) atoms. The van der Waals surface area contributed by atoms with Gasteiger partial charge in [-0.15, -0.1) is 0 Å². The minimum Gasteiger partial charge on any atom is -0.317 e. The molecule has 2 rings (SSSR count). The van der Waals surface area contributed by atoms with Crippen molar-refractivity contribution >= 4 is 0 Å². The molecule has 0 saturated heterocycles. The Morgan fingerprint density at radius 1 is 1.14 bits per heavy atom. The molecule has 0 aromatic carbocycles. The Labute approximate surface area is 88.7 Å². The third-order valence-electron chi connectivity index (χ3n) is 4.92. The molecule has 1 nitrogen and oxygen atoms in total. The van der Waals surface area contributed by atoms with Gasteiger partial charge in [-0.25, -0.2) is 0 Å². The van der Waals surface area contributed by atoms with Gasteiger partial charge in [-0.2, -0.15) is 0 Å². The van der Waals surface area contributed by atoms with Crippen LogP contribution in [-0.4, -0.2) is 13.1 Å². The summed E-state index contributed by atoms with van der Waals surface area (Å²) in [6.45, 7) is 14.3. The van der Waals surface area contributed by atoms with Crippen molar-refractivity contribution in [2.75, 3.05) is 13.1 Å². The van der Waals surface area contributed by atoms with Gasteiger partial charge in [0, 0.05) is 0 Å². The van der Waals surface area contributed by atoms with Crippen molar-refractivity contribution in [3.63, 3.8) is 0 Å². The van der Waals surface area contributed by atoms with E-state index in [2.05, 4.69) is 39.9 Å². The van der Waals surface area contributed by atoms with E-state index in [0.717, 1.165) is 12.5 Å². The third kappa shape index (κ3) is 1.18. The van der Waals surface area contributed by atoms with Crippen LogP contribution in [0.2, 0.25) is 0 Å². The fourth-order valence-corrected chi connectivity index (χ4v) is 4.16. The van der Waals surface area contributed by atoms with Gasteiger partial charge in [0.15, 0.2) is 0 Å². The largest absolute Gasteiger partial charge is 0.317 e. The van der Waals surface area contributed by atoms with Gasteiger partial charge in [0.05, 0.1) is 0 Å². The van der Waals surface area contributed by atoms with Crippen molar-refractivity contribution in [3.05, 3.63) is 0 Å². The average Bonchev–Trinajstić information content (AvgIpc) is 2.43. The SMILES string of the molecule is CCNCC1C(C)(C)C12CC(C)(C)C2. The molecule has 0 amide bonds. The van der Waals surface area contributed by atoms with Crippen LogP contribution in [0.3, 0.4) is 0 Å². The highest BCUT2D eigenvalue weighted by Crippen LogP contribution is 2.81. The maximum Gasteiger partial charge on any atom is -0.000979 e. The van der Waals surface area contributed by atoms with Crippen molar-refractivity contribution in [2.24, 2.45) is 22.2 Å². The number of rotatable bonds is 3. The lowest BCUT2D eigenvalue weighted by molar-refractivity contribution is 0.0383. The Morgan fingerprint density at radius 2 is 1.71 bits per heavy atom. The number of hydrogen-bond acceptors (Lipinski definition) is 1. The average molecular weight is 195 g/mol. The fraction of sp³-hybridized carbons (Fsp3) is 1.00. The summed E-state index contributed by atoms with van der Waals surface area (Å²) in [5.74, 6) is 0.933. The summed E-state index contributed by atoms with van der Waals surface area (Å²) in [6.07, 6.45) is 2.89. The van der Waals surface area contributed by atoms with Gasteiger partial charge in [-0.05, 0) is 48.1 Å². The van der Waals surface area contributed by atoms with E-state index < -0.39 is 0 Å². The van der Waals surface area contributed by atoms with E-state index in [1.807, 2.05) is 0 Å². The predicted octanol–water partition coefficient (Wildman–Crippen LogP) is 3.06. The molecule has 2 saturated carbocycles. The smallest absolute Gasteiger partial charge is 0.000979 e. The van der Waals surface area contributed by atoms with Crippen LogP contribution in [0.1, 0.15) is 47.5 Å². The van der Waals surface area contributed by atoms with Crippen LogP contribution in [0.25, 0.3) is 0 Å². The Hall–Kier alpha value is -0.0400. The minimum absolute atomic E-state index is 0.602. The predicted molar refractivity (Wildman–Crippen MR) is 61.3 cm³/mol. The van der Waals surface area contributed by atoms with E-state index in [1.165, 1.54) is 19.4 Å². The lowest BCUT2D eigenvalue weighted by Gasteiger charge is -2.46. The Kier molecular flexibility index (Phi) is 2.06. The van der Waals surface area contributed by atoms with E-state index in [4.69, 9.17) is 0 Å². The highest BCUT2D eigenvalue weighted by Gasteiger charge is 2.75. The summed E-state index contributed by atoms with van der Waals surface area (Å²) in [6, 6.07) is 0. The third-order valence-corrected chi connectivity index (χ3v) is 4.92. The normalized spacial score (nSPS) is 35.4. The maximum absolute atomic E-state index is 3.52. The highest BCUT2D eigenvalue weighted by molar-refractivity contribution is 5.24. The van der Waals surface area contributed by atoms with Crippen LogP contribution in [-0.2, 0) is 0 Å². The van der Waals surface area contributed by atoms with Gasteiger partial charge >= 0.3 is 0 Å². The summed E-state index contributed by atoms with van der Waals surface area (Å²) in [7, 11) is 0. The zero-order chi connectivity index (χ0) is 10.6. The molecule has 2 aliphatic carbocycles. The molecule has 0 aliphatic heterocycles. The van der Waals surface area contributed by atoms with Crippen LogP contribution in [0, 0.1) is 22.2 Å². The molecule has 82 valence electrons. The Bertz CT molecular complexity index is 232. The van der Waals surface area contributed by atoms with E-state index in [0.29, 0.717) is 16.2 Å². The van der Waals surface area contributed by atoms with E-state index in [-0.39, 0.29) is 0 Å². The molecular weight excluding hydrogens is 170 g/mol. The Balaban J connectivity index is 1.96. The van der Waals surface area contributed by atoms with Crippen molar-refractivity contribution in [2.45, 2.75) is 47.5 Å². The van der Waals surface area contributed by atoms with Gasteiger partial charge in [0.2, 0.25) is 0 Å². The second kappa shape index (κ2) is 2.75. The quantitative estimate of drug-likeness (QED) is 0.730. The van der Waals surface area contributed by atoms with Crippen molar-refractivity contribution < 1.29 is 0 Å². The van der Waals surface area contributed by atoms with Crippen molar-refractivity contribution in [3.8, 4) is 0 Å². The highest BCUT2D eigenvalue weighted by atomic mass is 14.9. The molecule has 0 aromatic rings. The Morgan fingerprint density at radius 3 is 2.14 bits per heavy atom. The van der Waals surface area contributed by atoms with Crippen LogP contribution in [0.15, 0.2) is 0 Å². The first-order chi connectivity index (χ1) is 6.36. The molecule has 1 N–H and O–H groups in total. The zero-order valence-electron chi connectivity index (χ0n) is 10.4. The van der Waals surface area contributed by atoms with Crippen molar-refractivity contribution in [1.82, 2.24) is 5.32 Å². The summed E-state index contributed by atoms with van der Waals surface area (Å²) in [5.41, 5.74) is 1.93. The van der Waals surface area contributed by atoms with Crippen LogP contribution in [0.4, 0.5) is 0 Å². The second-order valence-electron chi connectivity index (χ2n) is 6.76. The molecule has 2 fully saturated rings. The monoisotopic (exact) mass is 195 g/mol. The van der Waals surface area contributed by atoms with Gasteiger partial charge in [0.1, 0.15) is 0 Å². The minimum atomic E-state index is 0.602. The molecule has 2 aliphatic rings. The molecule has 0 bridgehead atoms. The lowest BCUT2D eigenvalue weighted by Crippen LogP contribution is -2.37. The first-order valence-electron chi connectivity index (χ1n) is 6.06. The van der Waals surface area contributed by atoms with Crippen molar-refractivity contribution in [1.29, 1.82) is 0 Å². The second-order valence-corrected chi connectivity index (χ2v) is 6.76. The molecule has 1 spiro atoms. The maximum atomic E-state index is 3.52. The first-order valence-corrected chi connectivity index (χ1v) is 6.06. The van der Waals surface area contributed by atoms with Gasteiger partial charge in [-0.3, -0.25) is 0 Å².